The first-order valence-corrected chi connectivity index (χ1v) is 6.53. The molecule has 0 unspecified atom stereocenters. The number of nitrogens with one attached hydrogen (secondary N) is 1. The molecule has 5 heteroatoms. The van der Waals surface area contributed by atoms with Crippen molar-refractivity contribution in [3.05, 3.63) is 23.0 Å². The third-order valence-electron chi connectivity index (χ3n) is 3.10. The number of carbonyl (C=O) groups excluding carboxylic acids is 1. The standard InChI is InChI=1S/C14H22N2O3/c1-9(2)16-10(3)8-12(11(16)4)14(19)15-7-5-6-13(17)18/h8-9H,5-7H2,1-4H3,(H,15,19)(H,17,18). The van der Waals surface area contributed by atoms with Gasteiger partial charge in [-0.15, -0.1) is 0 Å². The molecule has 2 N–H and O–H groups in total. The molecule has 5 nitrogen and oxygen atoms in total. The Bertz CT molecular complexity index is 475. The van der Waals surface area contributed by atoms with Crippen LogP contribution in [0.3, 0.4) is 0 Å². The van der Waals surface area contributed by atoms with Crippen LogP contribution in [-0.2, 0) is 4.79 Å². The molecule has 1 aromatic heterocycles. The molecule has 0 fully saturated rings. The summed E-state index contributed by atoms with van der Waals surface area (Å²) < 4.78 is 2.12. The van der Waals surface area contributed by atoms with E-state index in [1.54, 1.807) is 0 Å². The lowest BCUT2D eigenvalue weighted by atomic mass is 10.2. The minimum Gasteiger partial charge on any atom is -0.481 e. The van der Waals surface area contributed by atoms with Crippen LogP contribution < -0.4 is 5.32 Å². The second-order valence-corrected chi connectivity index (χ2v) is 5.00. The van der Waals surface area contributed by atoms with Crippen molar-refractivity contribution >= 4 is 11.9 Å². The van der Waals surface area contributed by atoms with Crippen molar-refractivity contribution in [3.63, 3.8) is 0 Å². The Labute approximate surface area is 113 Å². The summed E-state index contributed by atoms with van der Waals surface area (Å²) in [6.45, 7) is 8.45. The fraction of sp³-hybridized carbons (Fsp3) is 0.571. The average molecular weight is 266 g/mol. The van der Waals surface area contributed by atoms with Gasteiger partial charge in [0.25, 0.3) is 5.91 Å². The Hall–Kier alpha value is -1.78. The Morgan fingerprint density at radius 3 is 2.47 bits per heavy atom. The molecule has 0 saturated heterocycles. The van der Waals surface area contributed by atoms with Crippen molar-refractivity contribution in [3.8, 4) is 0 Å². The minimum absolute atomic E-state index is 0.0747. The van der Waals surface area contributed by atoms with Gasteiger partial charge in [-0.3, -0.25) is 9.59 Å². The highest BCUT2D eigenvalue weighted by Crippen LogP contribution is 2.19. The molecule has 0 bridgehead atoms. The smallest absolute Gasteiger partial charge is 0.303 e. The Balaban J connectivity index is 2.68. The molecule has 0 aromatic carbocycles. The number of rotatable bonds is 6. The first kappa shape index (κ1) is 15.3. The number of hydrogen-bond acceptors (Lipinski definition) is 2. The van der Waals surface area contributed by atoms with E-state index in [9.17, 15) is 9.59 Å². The molecule has 0 aliphatic carbocycles. The van der Waals surface area contributed by atoms with Crippen molar-refractivity contribution in [1.82, 2.24) is 9.88 Å². The van der Waals surface area contributed by atoms with Crippen molar-refractivity contribution in [2.24, 2.45) is 0 Å². The number of aryl methyl sites for hydroxylation is 1. The van der Waals surface area contributed by atoms with Crippen LogP contribution >= 0.6 is 0 Å². The summed E-state index contributed by atoms with van der Waals surface area (Å²) in [6.07, 6.45) is 0.523. The molecule has 0 saturated carbocycles. The zero-order valence-corrected chi connectivity index (χ0v) is 12.0. The molecular formula is C14H22N2O3. The summed E-state index contributed by atoms with van der Waals surface area (Å²) in [7, 11) is 0. The summed E-state index contributed by atoms with van der Waals surface area (Å²) in [5.74, 6) is -0.974. The zero-order chi connectivity index (χ0) is 14.6. The van der Waals surface area contributed by atoms with E-state index in [0.717, 1.165) is 11.4 Å². The summed E-state index contributed by atoms with van der Waals surface area (Å²) >= 11 is 0. The zero-order valence-electron chi connectivity index (χ0n) is 12.0. The fourth-order valence-corrected chi connectivity index (χ4v) is 2.34. The number of carboxylic acid groups (broad SMARTS) is 1. The van der Waals surface area contributed by atoms with Gasteiger partial charge in [0.2, 0.25) is 0 Å². The molecule has 1 heterocycles. The van der Waals surface area contributed by atoms with Crippen LogP contribution in [0.5, 0.6) is 0 Å². The lowest BCUT2D eigenvalue weighted by Crippen LogP contribution is -2.25. The summed E-state index contributed by atoms with van der Waals surface area (Å²) in [5.41, 5.74) is 2.67. The average Bonchev–Trinajstić information content (AvgIpc) is 2.59. The van der Waals surface area contributed by atoms with E-state index in [-0.39, 0.29) is 12.3 Å². The SMILES string of the molecule is Cc1cc(C(=O)NCCCC(=O)O)c(C)n1C(C)C. The predicted octanol–water partition coefficient (Wildman–Crippen LogP) is 2.28. The predicted molar refractivity (Wildman–Crippen MR) is 73.5 cm³/mol. The first-order chi connectivity index (χ1) is 8.84. The molecule has 0 aliphatic rings. The first-order valence-electron chi connectivity index (χ1n) is 6.53. The largest absolute Gasteiger partial charge is 0.481 e. The van der Waals surface area contributed by atoms with E-state index < -0.39 is 5.97 Å². The highest BCUT2D eigenvalue weighted by atomic mass is 16.4. The van der Waals surface area contributed by atoms with Crippen LogP contribution in [0, 0.1) is 13.8 Å². The van der Waals surface area contributed by atoms with E-state index in [4.69, 9.17) is 5.11 Å². The molecular weight excluding hydrogens is 244 g/mol. The minimum atomic E-state index is -0.841. The number of hydrogen-bond donors (Lipinski definition) is 2. The number of aliphatic carboxylic acids is 1. The van der Waals surface area contributed by atoms with Gasteiger partial charge in [-0.1, -0.05) is 0 Å². The molecule has 1 aromatic rings. The number of nitrogens with zero attached hydrogens (tertiary/aromatic N) is 1. The topological polar surface area (TPSA) is 71.3 Å². The molecule has 1 rings (SSSR count). The fourth-order valence-electron chi connectivity index (χ4n) is 2.34. The molecule has 19 heavy (non-hydrogen) atoms. The van der Waals surface area contributed by atoms with Crippen molar-refractivity contribution in [1.29, 1.82) is 0 Å². The molecule has 0 atom stereocenters. The van der Waals surface area contributed by atoms with E-state index in [2.05, 4.69) is 23.7 Å². The Kier molecular flexibility index (Phi) is 5.15. The van der Waals surface area contributed by atoms with Crippen molar-refractivity contribution in [2.45, 2.75) is 46.6 Å². The highest BCUT2D eigenvalue weighted by Gasteiger charge is 2.16. The van der Waals surface area contributed by atoms with Gasteiger partial charge in [-0.2, -0.15) is 0 Å². The molecule has 1 amide bonds. The maximum absolute atomic E-state index is 12.0. The van der Waals surface area contributed by atoms with Gasteiger partial charge in [-0.05, 0) is 40.2 Å². The highest BCUT2D eigenvalue weighted by molar-refractivity contribution is 5.95. The molecule has 0 spiro atoms. The van der Waals surface area contributed by atoms with Crippen LogP contribution in [-0.4, -0.2) is 28.1 Å². The van der Waals surface area contributed by atoms with Gasteiger partial charge >= 0.3 is 5.97 Å². The summed E-state index contributed by atoms with van der Waals surface area (Å²) in [5, 5.41) is 11.3. The van der Waals surface area contributed by atoms with Gasteiger partial charge in [0.05, 0.1) is 5.56 Å². The van der Waals surface area contributed by atoms with Crippen LogP contribution in [0.1, 0.15) is 54.5 Å². The van der Waals surface area contributed by atoms with E-state index >= 15 is 0 Å². The van der Waals surface area contributed by atoms with E-state index in [0.29, 0.717) is 24.6 Å². The number of amides is 1. The Morgan fingerprint density at radius 1 is 1.37 bits per heavy atom. The van der Waals surface area contributed by atoms with E-state index in [1.165, 1.54) is 0 Å². The number of carboxylic acids is 1. The maximum atomic E-state index is 12.0. The van der Waals surface area contributed by atoms with Gasteiger partial charge in [0, 0.05) is 30.4 Å². The van der Waals surface area contributed by atoms with Gasteiger partial charge < -0.3 is 15.0 Å². The van der Waals surface area contributed by atoms with Gasteiger partial charge in [0.1, 0.15) is 0 Å². The third kappa shape index (κ3) is 3.84. The van der Waals surface area contributed by atoms with Crippen molar-refractivity contribution in [2.75, 3.05) is 6.54 Å². The quantitative estimate of drug-likeness (QED) is 0.776. The lowest BCUT2D eigenvalue weighted by molar-refractivity contribution is -0.137. The second-order valence-electron chi connectivity index (χ2n) is 5.00. The summed E-state index contributed by atoms with van der Waals surface area (Å²) in [6, 6.07) is 2.19. The van der Waals surface area contributed by atoms with Crippen LogP contribution in [0.25, 0.3) is 0 Å². The summed E-state index contributed by atoms with van der Waals surface area (Å²) in [4.78, 5) is 22.4. The van der Waals surface area contributed by atoms with Gasteiger partial charge in [-0.25, -0.2) is 0 Å². The number of aromatic nitrogens is 1. The molecule has 0 aliphatic heterocycles. The van der Waals surface area contributed by atoms with Gasteiger partial charge in [0.15, 0.2) is 0 Å². The normalized spacial score (nSPS) is 10.8. The monoisotopic (exact) mass is 266 g/mol. The second kappa shape index (κ2) is 6.41. The van der Waals surface area contributed by atoms with E-state index in [1.807, 2.05) is 19.9 Å². The lowest BCUT2D eigenvalue weighted by Gasteiger charge is -2.13. The van der Waals surface area contributed by atoms with Crippen LogP contribution in [0.15, 0.2) is 6.07 Å². The van der Waals surface area contributed by atoms with Crippen LogP contribution in [0.2, 0.25) is 0 Å². The molecule has 106 valence electrons. The third-order valence-corrected chi connectivity index (χ3v) is 3.10. The maximum Gasteiger partial charge on any atom is 0.303 e. The molecule has 0 radical (unpaired) electrons. The van der Waals surface area contributed by atoms with Crippen molar-refractivity contribution < 1.29 is 14.7 Å². The number of carbonyl (C=O) groups is 2. The van der Waals surface area contributed by atoms with Crippen LogP contribution in [0.4, 0.5) is 0 Å². The Morgan fingerprint density at radius 2 is 2.00 bits per heavy atom.